The highest BCUT2D eigenvalue weighted by Gasteiger charge is 2.79. The second-order valence-electron chi connectivity index (χ2n) is 8.73. The Bertz CT molecular complexity index is 687. The number of allylic oxidation sites excluding steroid dienone is 3. The van der Waals surface area contributed by atoms with Crippen LogP contribution in [-0.4, -0.2) is 16.7 Å². The Kier molecular flexibility index (Phi) is 2.75. The van der Waals surface area contributed by atoms with Gasteiger partial charge in [-0.15, -0.1) is 0 Å². The number of hydrogen-bond acceptors (Lipinski definition) is 3. The third kappa shape index (κ3) is 1.32. The van der Waals surface area contributed by atoms with E-state index in [0.717, 1.165) is 30.4 Å². The molecule has 2 unspecified atom stereocenters. The van der Waals surface area contributed by atoms with E-state index in [1.165, 1.54) is 0 Å². The number of hydrogen-bond donors (Lipinski definition) is 1. The highest BCUT2D eigenvalue weighted by molar-refractivity contribution is 6.21. The van der Waals surface area contributed by atoms with Crippen LogP contribution in [0.3, 0.4) is 0 Å². The molecule has 0 aromatic heterocycles. The Morgan fingerprint density at radius 3 is 2.52 bits per heavy atom. The average Bonchev–Trinajstić information content (AvgIpc) is 2.84. The predicted octanol–water partition coefficient (Wildman–Crippen LogP) is 3.85. The van der Waals surface area contributed by atoms with Gasteiger partial charge in [0.15, 0.2) is 11.5 Å². The standard InChI is InChI=1S/C20H26O3/c1-9(2)13-14-11(4)8-12-7-6-10(3)15-16(21)17(22)19(13,5)18(23)20(12,14)15/h10-14,21H,1,6-8H2,2-5H3/t10-,11+,12+,13-,14-,19?,20?/m0/s1. The lowest BCUT2D eigenvalue weighted by atomic mass is 9.54. The highest BCUT2D eigenvalue weighted by atomic mass is 16.3. The Morgan fingerprint density at radius 1 is 1.26 bits per heavy atom. The van der Waals surface area contributed by atoms with Crippen molar-refractivity contribution in [3.05, 3.63) is 23.5 Å². The molecule has 0 aromatic rings. The summed E-state index contributed by atoms with van der Waals surface area (Å²) in [6.45, 7) is 12.1. The first kappa shape index (κ1) is 15.2. The van der Waals surface area contributed by atoms with Gasteiger partial charge in [-0.25, -0.2) is 0 Å². The maximum atomic E-state index is 13.7. The van der Waals surface area contributed by atoms with Gasteiger partial charge in [-0.3, -0.25) is 9.59 Å². The lowest BCUT2D eigenvalue weighted by Crippen LogP contribution is -2.52. The SMILES string of the molecule is C=C(C)[C@H]1[C@@H]2[C@H](C)C[C@H]3CC[C@H](C)C4=C(O)C(=O)C1(C)C(=O)C432. The number of aliphatic hydroxyl groups excluding tert-OH is 1. The van der Waals surface area contributed by atoms with Gasteiger partial charge in [0, 0.05) is 5.92 Å². The van der Waals surface area contributed by atoms with Crippen molar-refractivity contribution >= 4 is 11.6 Å². The summed E-state index contributed by atoms with van der Waals surface area (Å²) in [5.41, 5.74) is -0.0307. The van der Waals surface area contributed by atoms with E-state index in [2.05, 4.69) is 20.4 Å². The summed E-state index contributed by atoms with van der Waals surface area (Å²) in [4.78, 5) is 26.7. The maximum Gasteiger partial charge on any atom is 0.210 e. The molecule has 1 N–H and O–H groups in total. The van der Waals surface area contributed by atoms with Crippen molar-refractivity contribution in [1.29, 1.82) is 0 Å². The molecule has 3 saturated carbocycles. The van der Waals surface area contributed by atoms with Crippen LogP contribution in [0.25, 0.3) is 0 Å². The van der Waals surface area contributed by atoms with E-state index in [-0.39, 0.29) is 41.0 Å². The van der Waals surface area contributed by atoms with Crippen LogP contribution in [0.5, 0.6) is 0 Å². The molecule has 124 valence electrons. The Morgan fingerprint density at radius 2 is 1.91 bits per heavy atom. The smallest absolute Gasteiger partial charge is 0.210 e. The lowest BCUT2D eigenvalue weighted by Gasteiger charge is -2.47. The number of fused-ring (bicyclic) bond motifs is 1. The number of ketones is 2. The van der Waals surface area contributed by atoms with E-state index in [1.807, 2.05) is 6.92 Å². The quantitative estimate of drug-likeness (QED) is 0.591. The largest absolute Gasteiger partial charge is 0.504 e. The first-order chi connectivity index (χ1) is 10.7. The van der Waals surface area contributed by atoms with Gasteiger partial charge in [0.1, 0.15) is 5.41 Å². The first-order valence-corrected chi connectivity index (χ1v) is 8.88. The molecular weight excluding hydrogens is 288 g/mol. The van der Waals surface area contributed by atoms with Crippen LogP contribution in [0.2, 0.25) is 0 Å². The number of carbonyl (C=O) groups excluding carboxylic acids is 2. The van der Waals surface area contributed by atoms with Crippen molar-refractivity contribution in [3.63, 3.8) is 0 Å². The molecule has 0 aliphatic heterocycles. The van der Waals surface area contributed by atoms with E-state index >= 15 is 0 Å². The van der Waals surface area contributed by atoms with Crippen LogP contribution in [0.1, 0.15) is 47.0 Å². The summed E-state index contributed by atoms with van der Waals surface area (Å²) in [5, 5.41) is 10.8. The summed E-state index contributed by atoms with van der Waals surface area (Å²) in [6, 6.07) is 0. The molecule has 0 radical (unpaired) electrons. The first-order valence-electron chi connectivity index (χ1n) is 8.88. The van der Waals surface area contributed by atoms with Gasteiger partial charge in [0.05, 0.1) is 5.41 Å². The van der Waals surface area contributed by atoms with Crippen molar-refractivity contribution in [2.24, 2.45) is 40.4 Å². The zero-order valence-corrected chi connectivity index (χ0v) is 14.5. The maximum absolute atomic E-state index is 13.7. The van der Waals surface area contributed by atoms with Crippen molar-refractivity contribution < 1.29 is 14.7 Å². The molecule has 0 aromatic carbocycles. The topological polar surface area (TPSA) is 54.4 Å². The number of Topliss-reactive ketones (excluding diaryl/α,β-unsaturated/α-hetero) is 2. The molecule has 3 nitrogen and oxygen atoms in total. The molecule has 23 heavy (non-hydrogen) atoms. The summed E-state index contributed by atoms with van der Waals surface area (Å²) in [5.74, 6) is 0.382. The monoisotopic (exact) mass is 314 g/mol. The minimum Gasteiger partial charge on any atom is -0.504 e. The molecule has 4 aliphatic carbocycles. The minimum absolute atomic E-state index is 0.0849. The Labute approximate surface area is 137 Å². The molecule has 1 spiro atoms. The number of carbonyl (C=O) groups is 2. The van der Waals surface area contributed by atoms with Crippen LogP contribution in [0.4, 0.5) is 0 Å². The fourth-order valence-corrected chi connectivity index (χ4v) is 7.07. The van der Waals surface area contributed by atoms with Crippen molar-refractivity contribution in [3.8, 4) is 0 Å². The van der Waals surface area contributed by atoms with E-state index in [0.29, 0.717) is 5.92 Å². The molecule has 0 heterocycles. The fraction of sp³-hybridized carbons (Fsp3) is 0.700. The van der Waals surface area contributed by atoms with E-state index < -0.39 is 10.8 Å². The second-order valence-corrected chi connectivity index (χ2v) is 8.73. The van der Waals surface area contributed by atoms with Crippen molar-refractivity contribution in [1.82, 2.24) is 0 Å². The third-order valence-electron chi connectivity index (χ3n) is 7.63. The van der Waals surface area contributed by atoms with Crippen molar-refractivity contribution in [2.45, 2.75) is 47.0 Å². The van der Waals surface area contributed by atoms with E-state index in [9.17, 15) is 14.7 Å². The summed E-state index contributed by atoms with van der Waals surface area (Å²) in [6.07, 6.45) is 3.01. The second kappa shape index (κ2) is 4.17. The third-order valence-corrected chi connectivity index (χ3v) is 7.63. The highest BCUT2D eigenvalue weighted by Crippen LogP contribution is 2.75. The fourth-order valence-electron chi connectivity index (χ4n) is 7.07. The van der Waals surface area contributed by atoms with Crippen LogP contribution in [0, 0.1) is 40.4 Å². The average molecular weight is 314 g/mol. The number of rotatable bonds is 1. The Balaban J connectivity index is 2.10. The van der Waals surface area contributed by atoms with Gasteiger partial charge >= 0.3 is 0 Å². The minimum atomic E-state index is -1.12. The van der Waals surface area contributed by atoms with Crippen LogP contribution < -0.4 is 0 Å². The molecule has 4 aliphatic rings. The molecule has 3 heteroatoms. The molecule has 0 amide bonds. The molecule has 3 fully saturated rings. The molecular formula is C20H26O3. The predicted molar refractivity (Wildman–Crippen MR) is 87.7 cm³/mol. The van der Waals surface area contributed by atoms with E-state index in [1.54, 1.807) is 6.92 Å². The van der Waals surface area contributed by atoms with Crippen LogP contribution in [0.15, 0.2) is 23.5 Å². The van der Waals surface area contributed by atoms with Gasteiger partial charge in [0.2, 0.25) is 5.78 Å². The van der Waals surface area contributed by atoms with Gasteiger partial charge in [0.25, 0.3) is 0 Å². The normalized spacial score (nSPS) is 51.2. The summed E-state index contributed by atoms with van der Waals surface area (Å²) >= 11 is 0. The number of aliphatic hydroxyl groups is 1. The summed E-state index contributed by atoms with van der Waals surface area (Å²) in [7, 11) is 0. The van der Waals surface area contributed by atoms with Crippen molar-refractivity contribution in [2.75, 3.05) is 0 Å². The molecule has 4 rings (SSSR count). The lowest BCUT2D eigenvalue weighted by molar-refractivity contribution is -0.146. The van der Waals surface area contributed by atoms with Gasteiger partial charge in [-0.05, 0) is 62.4 Å². The zero-order chi connectivity index (χ0) is 16.9. The molecule has 7 atom stereocenters. The van der Waals surface area contributed by atoms with E-state index in [4.69, 9.17) is 0 Å². The van der Waals surface area contributed by atoms with Gasteiger partial charge in [-0.2, -0.15) is 0 Å². The van der Waals surface area contributed by atoms with Crippen LogP contribution in [-0.2, 0) is 9.59 Å². The zero-order valence-electron chi connectivity index (χ0n) is 14.5. The summed E-state index contributed by atoms with van der Waals surface area (Å²) < 4.78 is 0. The molecule has 0 saturated heterocycles. The van der Waals surface area contributed by atoms with Gasteiger partial charge < -0.3 is 5.11 Å². The van der Waals surface area contributed by atoms with Crippen LogP contribution >= 0.6 is 0 Å². The van der Waals surface area contributed by atoms with Gasteiger partial charge in [-0.1, -0.05) is 26.0 Å². The Hall–Kier alpha value is -1.38. The molecule has 2 bridgehead atoms.